The van der Waals surface area contributed by atoms with Crippen LogP contribution in [0.2, 0.25) is 0 Å². The van der Waals surface area contributed by atoms with Crippen LogP contribution in [0.1, 0.15) is 25.7 Å². The highest BCUT2D eigenvalue weighted by Gasteiger charge is 2.23. The molecule has 1 aliphatic carbocycles. The third-order valence-electron chi connectivity index (χ3n) is 6.48. The minimum absolute atomic E-state index is 0.0383. The van der Waals surface area contributed by atoms with Gasteiger partial charge in [0.2, 0.25) is 5.91 Å². The van der Waals surface area contributed by atoms with Crippen molar-refractivity contribution >= 4 is 34.1 Å². The SMILES string of the molecule is O=C(Cn1ccc2cc(Nc3cnccn3)nc(N[C@H]3CC[C@@H](O)CC3)c2c1=O)N1CCOCC1. The molecule has 0 unspecified atom stereocenters. The summed E-state index contributed by atoms with van der Waals surface area (Å²) in [5.41, 5.74) is -0.277. The van der Waals surface area contributed by atoms with Gasteiger partial charge in [0.1, 0.15) is 24.0 Å². The van der Waals surface area contributed by atoms with Crippen LogP contribution in [0, 0.1) is 0 Å². The van der Waals surface area contributed by atoms with Gasteiger partial charge in [-0.1, -0.05) is 0 Å². The second kappa shape index (κ2) is 10.4. The van der Waals surface area contributed by atoms with Gasteiger partial charge in [-0.15, -0.1) is 0 Å². The van der Waals surface area contributed by atoms with Gasteiger partial charge in [-0.2, -0.15) is 0 Å². The van der Waals surface area contributed by atoms with E-state index in [2.05, 4.69) is 20.6 Å². The molecule has 1 saturated heterocycles. The van der Waals surface area contributed by atoms with Crippen molar-refractivity contribution < 1.29 is 14.6 Å². The van der Waals surface area contributed by atoms with Crippen LogP contribution in [0.3, 0.4) is 0 Å². The number of aliphatic hydroxyl groups is 1. The molecule has 5 rings (SSSR count). The number of aromatic nitrogens is 4. The number of nitrogens with zero attached hydrogens (tertiary/aromatic N) is 5. The van der Waals surface area contributed by atoms with E-state index in [0.717, 1.165) is 12.8 Å². The highest BCUT2D eigenvalue weighted by Crippen LogP contribution is 2.27. The van der Waals surface area contributed by atoms with Gasteiger partial charge in [0.15, 0.2) is 0 Å². The van der Waals surface area contributed by atoms with Crippen molar-refractivity contribution in [1.29, 1.82) is 0 Å². The molecule has 11 nitrogen and oxygen atoms in total. The lowest BCUT2D eigenvalue weighted by Crippen LogP contribution is -2.43. The molecule has 0 bridgehead atoms. The maximum absolute atomic E-state index is 13.5. The van der Waals surface area contributed by atoms with E-state index in [1.165, 1.54) is 4.57 Å². The summed E-state index contributed by atoms with van der Waals surface area (Å²) in [4.78, 5) is 41.0. The van der Waals surface area contributed by atoms with Crippen molar-refractivity contribution in [3.8, 4) is 0 Å². The van der Waals surface area contributed by atoms with Crippen molar-refractivity contribution in [2.45, 2.75) is 44.4 Å². The van der Waals surface area contributed by atoms with Gasteiger partial charge in [0, 0.05) is 37.7 Å². The third kappa shape index (κ3) is 5.41. The lowest BCUT2D eigenvalue weighted by molar-refractivity contribution is -0.135. The number of anilines is 3. The molecular formula is C24H29N7O4. The van der Waals surface area contributed by atoms with Crippen LogP contribution in [0.25, 0.3) is 10.8 Å². The van der Waals surface area contributed by atoms with E-state index in [1.54, 1.807) is 35.8 Å². The number of rotatable bonds is 6. The Balaban J connectivity index is 1.48. The highest BCUT2D eigenvalue weighted by atomic mass is 16.5. The van der Waals surface area contributed by atoms with Crippen LogP contribution in [0.15, 0.2) is 41.7 Å². The van der Waals surface area contributed by atoms with Gasteiger partial charge < -0.3 is 29.9 Å². The lowest BCUT2D eigenvalue weighted by atomic mass is 9.93. The average Bonchev–Trinajstić information content (AvgIpc) is 2.88. The molecule has 11 heteroatoms. The van der Waals surface area contributed by atoms with Crippen molar-refractivity contribution in [3.63, 3.8) is 0 Å². The van der Waals surface area contributed by atoms with Gasteiger partial charge >= 0.3 is 0 Å². The van der Waals surface area contributed by atoms with E-state index in [0.29, 0.717) is 67.4 Å². The fourth-order valence-electron chi connectivity index (χ4n) is 4.56. The van der Waals surface area contributed by atoms with Gasteiger partial charge in [-0.3, -0.25) is 14.6 Å². The Kier molecular flexibility index (Phi) is 6.87. The van der Waals surface area contributed by atoms with E-state index >= 15 is 0 Å². The number of amides is 1. The van der Waals surface area contributed by atoms with E-state index in [-0.39, 0.29) is 30.2 Å². The minimum Gasteiger partial charge on any atom is -0.393 e. The first-order valence-electron chi connectivity index (χ1n) is 11.9. The van der Waals surface area contributed by atoms with Gasteiger partial charge in [0.25, 0.3) is 5.56 Å². The summed E-state index contributed by atoms with van der Waals surface area (Å²) >= 11 is 0. The van der Waals surface area contributed by atoms with Crippen LogP contribution in [0.4, 0.5) is 17.5 Å². The van der Waals surface area contributed by atoms with Crippen molar-refractivity contribution in [2.24, 2.45) is 0 Å². The largest absolute Gasteiger partial charge is 0.393 e. The number of hydrogen-bond acceptors (Lipinski definition) is 9. The molecular weight excluding hydrogens is 450 g/mol. The Hall–Kier alpha value is -3.57. The van der Waals surface area contributed by atoms with Crippen LogP contribution in [-0.4, -0.2) is 73.9 Å². The maximum Gasteiger partial charge on any atom is 0.262 e. The second-order valence-corrected chi connectivity index (χ2v) is 8.93. The minimum atomic E-state index is -0.286. The smallest absolute Gasteiger partial charge is 0.262 e. The van der Waals surface area contributed by atoms with Gasteiger partial charge in [-0.25, -0.2) is 9.97 Å². The van der Waals surface area contributed by atoms with Crippen LogP contribution >= 0.6 is 0 Å². The molecule has 184 valence electrons. The average molecular weight is 480 g/mol. The first-order chi connectivity index (χ1) is 17.1. The molecule has 0 radical (unpaired) electrons. The summed E-state index contributed by atoms with van der Waals surface area (Å²) in [5, 5.41) is 17.6. The molecule has 1 amide bonds. The highest BCUT2D eigenvalue weighted by molar-refractivity contribution is 5.93. The molecule has 35 heavy (non-hydrogen) atoms. The first kappa shape index (κ1) is 23.2. The van der Waals surface area contributed by atoms with Crippen molar-refractivity contribution in [1.82, 2.24) is 24.4 Å². The fraction of sp³-hybridized carbons (Fsp3) is 0.458. The molecule has 2 aliphatic rings. The molecule has 1 saturated carbocycles. The molecule has 2 fully saturated rings. The van der Waals surface area contributed by atoms with Crippen LogP contribution in [0.5, 0.6) is 0 Å². The number of morpholine rings is 1. The van der Waals surface area contributed by atoms with Crippen molar-refractivity contribution in [2.75, 3.05) is 36.9 Å². The van der Waals surface area contributed by atoms with Crippen molar-refractivity contribution in [3.05, 3.63) is 47.3 Å². The van der Waals surface area contributed by atoms with E-state index in [9.17, 15) is 14.7 Å². The zero-order valence-corrected chi connectivity index (χ0v) is 19.4. The summed E-state index contributed by atoms with van der Waals surface area (Å²) in [7, 11) is 0. The number of carbonyl (C=O) groups excluding carboxylic acids is 1. The molecule has 1 aliphatic heterocycles. The summed E-state index contributed by atoms with van der Waals surface area (Å²) in [6.45, 7) is 2.03. The maximum atomic E-state index is 13.5. The zero-order chi connectivity index (χ0) is 24.2. The predicted molar refractivity (Wildman–Crippen MR) is 131 cm³/mol. The Morgan fingerprint density at radius 1 is 1.14 bits per heavy atom. The second-order valence-electron chi connectivity index (χ2n) is 8.93. The lowest BCUT2D eigenvalue weighted by Gasteiger charge is -2.28. The Morgan fingerprint density at radius 2 is 1.94 bits per heavy atom. The van der Waals surface area contributed by atoms with Gasteiger partial charge in [-0.05, 0) is 43.2 Å². The standard InChI is InChI=1S/C24H29N7O4/c32-18-3-1-17(2-4-18)27-23-22-16(13-19(29-23)28-20-14-25-6-7-26-20)5-8-31(24(22)34)15-21(33)30-9-11-35-12-10-30/h5-8,13-14,17-18,32H,1-4,9-12,15H2,(H2,26,27,28,29)/t17-,18+. The number of ether oxygens (including phenoxy) is 1. The molecule has 0 aromatic carbocycles. The van der Waals surface area contributed by atoms with E-state index in [1.807, 2.05) is 6.07 Å². The van der Waals surface area contributed by atoms with E-state index in [4.69, 9.17) is 9.72 Å². The Bertz CT molecular complexity index is 1240. The normalized spacial score (nSPS) is 20.5. The number of carbonyl (C=O) groups is 1. The summed E-state index contributed by atoms with van der Waals surface area (Å²) in [5.74, 6) is 1.40. The molecule has 4 heterocycles. The summed E-state index contributed by atoms with van der Waals surface area (Å²) < 4.78 is 6.76. The fourth-order valence-corrected chi connectivity index (χ4v) is 4.56. The Morgan fingerprint density at radius 3 is 2.69 bits per heavy atom. The number of nitrogens with one attached hydrogen (secondary N) is 2. The Labute approximate surface area is 202 Å². The van der Waals surface area contributed by atoms with Crippen LogP contribution < -0.4 is 16.2 Å². The molecule has 3 aromatic rings. The molecule has 3 N–H and O–H groups in total. The quantitative estimate of drug-likeness (QED) is 0.481. The van der Waals surface area contributed by atoms with Crippen LogP contribution in [-0.2, 0) is 16.1 Å². The number of hydrogen-bond donors (Lipinski definition) is 3. The number of aliphatic hydroxyl groups excluding tert-OH is 1. The zero-order valence-electron chi connectivity index (χ0n) is 19.4. The first-order valence-corrected chi connectivity index (χ1v) is 11.9. The molecule has 0 atom stereocenters. The van der Waals surface area contributed by atoms with E-state index < -0.39 is 0 Å². The number of fused-ring (bicyclic) bond motifs is 1. The summed E-state index contributed by atoms with van der Waals surface area (Å²) in [6.07, 6.45) is 9.09. The predicted octanol–water partition coefficient (Wildman–Crippen LogP) is 1.50. The molecule has 3 aromatic heterocycles. The number of pyridine rings is 2. The third-order valence-corrected chi connectivity index (χ3v) is 6.48. The molecule has 0 spiro atoms. The van der Waals surface area contributed by atoms with Gasteiger partial charge in [0.05, 0.1) is 30.9 Å². The monoisotopic (exact) mass is 479 g/mol. The topological polar surface area (TPSA) is 134 Å². The summed E-state index contributed by atoms with van der Waals surface area (Å²) in [6, 6.07) is 3.70.